The molecule has 0 atom stereocenters. The van der Waals surface area contributed by atoms with Crippen molar-refractivity contribution in [2.45, 2.75) is 6.92 Å². The second-order valence-electron chi connectivity index (χ2n) is 4.47. The van der Waals surface area contributed by atoms with Gasteiger partial charge in [0.2, 0.25) is 5.95 Å². The molecule has 106 valence electrons. The largest absolute Gasteiger partial charge is 0.368 e. The van der Waals surface area contributed by atoms with Crippen LogP contribution in [0.25, 0.3) is 10.4 Å². The first kappa shape index (κ1) is 13.8. The van der Waals surface area contributed by atoms with Crippen LogP contribution in [0.15, 0.2) is 36.0 Å². The summed E-state index contributed by atoms with van der Waals surface area (Å²) in [5, 5.41) is 3.84. The van der Waals surface area contributed by atoms with Crippen LogP contribution in [0.3, 0.4) is 0 Å². The smallest absolute Gasteiger partial charge is 0.222 e. The Bertz CT molecular complexity index is 753. The molecule has 2 aromatic heterocycles. The van der Waals surface area contributed by atoms with Gasteiger partial charge in [-0.3, -0.25) is 4.98 Å². The van der Waals surface area contributed by atoms with E-state index in [-0.39, 0.29) is 5.95 Å². The molecule has 0 aliphatic rings. The van der Waals surface area contributed by atoms with Crippen LogP contribution in [-0.4, -0.2) is 15.0 Å². The van der Waals surface area contributed by atoms with Gasteiger partial charge in [0.1, 0.15) is 5.82 Å². The number of nitrogen functional groups attached to an aromatic ring is 1. The predicted octanol–water partition coefficient (Wildman–Crippen LogP) is 3.89. The van der Waals surface area contributed by atoms with Gasteiger partial charge in [-0.25, -0.2) is 4.98 Å². The summed E-state index contributed by atoms with van der Waals surface area (Å²) in [5.41, 5.74) is 10.1. The zero-order valence-electron chi connectivity index (χ0n) is 11.2. The number of halogens is 1. The number of aryl methyl sites for hydroxylation is 1. The van der Waals surface area contributed by atoms with Crippen molar-refractivity contribution in [2.24, 2.45) is 0 Å². The molecule has 0 aliphatic heterocycles. The number of nitrogens with two attached hydrogens (primary N) is 1. The van der Waals surface area contributed by atoms with Crippen molar-refractivity contribution in [2.75, 3.05) is 11.1 Å². The molecule has 0 spiro atoms. The number of benzene rings is 1. The molecule has 0 saturated carbocycles. The third-order valence-electron chi connectivity index (χ3n) is 2.76. The molecular formula is C14H12ClN5S. The molecule has 5 nitrogen and oxygen atoms in total. The average Bonchev–Trinajstić information content (AvgIpc) is 2.90. The highest BCUT2D eigenvalue weighted by Gasteiger charge is 2.06. The third kappa shape index (κ3) is 3.29. The molecule has 1 aromatic carbocycles. The van der Waals surface area contributed by atoms with Crippen molar-refractivity contribution in [1.82, 2.24) is 15.0 Å². The van der Waals surface area contributed by atoms with Gasteiger partial charge < -0.3 is 11.1 Å². The maximum atomic E-state index is 6.18. The van der Waals surface area contributed by atoms with Crippen molar-refractivity contribution in [3.05, 3.63) is 46.7 Å². The van der Waals surface area contributed by atoms with E-state index in [9.17, 15) is 0 Å². The van der Waals surface area contributed by atoms with Crippen LogP contribution in [0.5, 0.6) is 0 Å². The second-order valence-corrected chi connectivity index (χ2v) is 5.79. The number of rotatable bonds is 3. The summed E-state index contributed by atoms with van der Waals surface area (Å²) in [5.74, 6) is 0.875. The fourth-order valence-corrected chi connectivity index (χ4v) is 2.81. The molecule has 0 radical (unpaired) electrons. The lowest BCUT2D eigenvalue weighted by Gasteiger charge is -2.09. The molecule has 3 rings (SSSR count). The van der Waals surface area contributed by atoms with E-state index in [2.05, 4.69) is 20.3 Å². The average molecular weight is 318 g/mol. The Balaban J connectivity index is 1.95. The lowest BCUT2D eigenvalue weighted by Crippen LogP contribution is -2.01. The number of nitrogens with zero attached hydrogens (tertiary/aromatic N) is 3. The number of thiazole rings is 1. The van der Waals surface area contributed by atoms with Gasteiger partial charge in [-0.2, -0.15) is 4.98 Å². The van der Waals surface area contributed by atoms with Gasteiger partial charge in [0, 0.05) is 28.7 Å². The van der Waals surface area contributed by atoms with Crippen LogP contribution in [0, 0.1) is 6.92 Å². The molecule has 0 aliphatic carbocycles. The van der Waals surface area contributed by atoms with Gasteiger partial charge in [-0.15, -0.1) is 11.3 Å². The van der Waals surface area contributed by atoms with Crippen LogP contribution < -0.4 is 11.1 Å². The standard InChI is InChI=1S/C14H12ClN5S/c1-8-2-13(20-14(16)18-8)19-11-4-9(3-10(15)5-11)12-6-17-7-21-12/h2-7H,1H3,(H3,16,18,19,20). The third-order valence-corrected chi connectivity index (χ3v) is 3.80. The van der Waals surface area contributed by atoms with Crippen LogP contribution in [-0.2, 0) is 0 Å². The summed E-state index contributed by atoms with van der Waals surface area (Å²) >= 11 is 7.74. The van der Waals surface area contributed by atoms with E-state index in [1.807, 2.05) is 37.4 Å². The highest BCUT2D eigenvalue weighted by molar-refractivity contribution is 7.13. The molecule has 0 fully saturated rings. The van der Waals surface area contributed by atoms with Crippen LogP contribution >= 0.6 is 22.9 Å². The lowest BCUT2D eigenvalue weighted by molar-refractivity contribution is 1.12. The summed E-state index contributed by atoms with van der Waals surface area (Å²) in [7, 11) is 0. The Kier molecular flexibility index (Phi) is 3.72. The van der Waals surface area contributed by atoms with Gasteiger partial charge in [0.25, 0.3) is 0 Å². The van der Waals surface area contributed by atoms with E-state index in [4.69, 9.17) is 17.3 Å². The molecule has 21 heavy (non-hydrogen) atoms. The minimum Gasteiger partial charge on any atom is -0.368 e. The molecule has 3 N–H and O–H groups in total. The van der Waals surface area contributed by atoms with E-state index in [1.54, 1.807) is 16.8 Å². The van der Waals surface area contributed by atoms with E-state index in [0.29, 0.717) is 10.8 Å². The fraction of sp³-hybridized carbons (Fsp3) is 0.0714. The first-order valence-corrected chi connectivity index (χ1v) is 7.43. The van der Waals surface area contributed by atoms with Gasteiger partial charge >= 0.3 is 0 Å². The predicted molar refractivity (Wildman–Crippen MR) is 87.0 cm³/mol. The van der Waals surface area contributed by atoms with Gasteiger partial charge in [-0.05, 0) is 30.7 Å². The Labute approximate surface area is 130 Å². The summed E-state index contributed by atoms with van der Waals surface area (Å²) in [4.78, 5) is 13.3. The van der Waals surface area contributed by atoms with E-state index < -0.39 is 0 Å². The fourth-order valence-electron chi connectivity index (χ4n) is 1.97. The van der Waals surface area contributed by atoms with E-state index in [0.717, 1.165) is 21.8 Å². The highest BCUT2D eigenvalue weighted by atomic mass is 35.5. The van der Waals surface area contributed by atoms with Crippen molar-refractivity contribution in [3.63, 3.8) is 0 Å². The number of hydrogen-bond donors (Lipinski definition) is 2. The molecular weight excluding hydrogens is 306 g/mol. The van der Waals surface area contributed by atoms with E-state index in [1.165, 1.54) is 0 Å². The molecule has 7 heteroatoms. The maximum Gasteiger partial charge on any atom is 0.222 e. The Morgan fingerprint density at radius 1 is 1.19 bits per heavy atom. The molecule has 0 bridgehead atoms. The Morgan fingerprint density at radius 3 is 2.76 bits per heavy atom. The monoisotopic (exact) mass is 317 g/mol. The van der Waals surface area contributed by atoms with Crippen LogP contribution in [0.4, 0.5) is 17.5 Å². The van der Waals surface area contributed by atoms with Gasteiger partial charge in [0.05, 0.1) is 10.4 Å². The minimum atomic E-state index is 0.238. The number of aromatic nitrogens is 3. The SMILES string of the molecule is Cc1cc(Nc2cc(Cl)cc(-c3cncs3)c2)nc(N)n1. The zero-order chi connectivity index (χ0) is 14.8. The topological polar surface area (TPSA) is 76.7 Å². The quantitative estimate of drug-likeness (QED) is 0.766. The van der Waals surface area contributed by atoms with Gasteiger partial charge in [-0.1, -0.05) is 11.6 Å². The maximum absolute atomic E-state index is 6.18. The van der Waals surface area contributed by atoms with Crippen molar-refractivity contribution < 1.29 is 0 Å². The zero-order valence-corrected chi connectivity index (χ0v) is 12.7. The molecule has 3 aromatic rings. The summed E-state index contributed by atoms with van der Waals surface area (Å²) in [6, 6.07) is 7.55. The highest BCUT2D eigenvalue weighted by Crippen LogP contribution is 2.30. The van der Waals surface area contributed by atoms with Crippen LogP contribution in [0.1, 0.15) is 5.69 Å². The number of nitrogens with one attached hydrogen (secondary N) is 1. The molecule has 0 saturated heterocycles. The lowest BCUT2D eigenvalue weighted by atomic mass is 10.2. The first-order valence-electron chi connectivity index (χ1n) is 6.18. The second kappa shape index (κ2) is 5.67. The minimum absolute atomic E-state index is 0.238. The van der Waals surface area contributed by atoms with Crippen molar-refractivity contribution >= 4 is 40.4 Å². The van der Waals surface area contributed by atoms with Crippen LogP contribution in [0.2, 0.25) is 5.02 Å². The van der Waals surface area contributed by atoms with Gasteiger partial charge in [0.15, 0.2) is 0 Å². The van der Waals surface area contributed by atoms with E-state index >= 15 is 0 Å². The summed E-state index contributed by atoms with van der Waals surface area (Å²) in [6.45, 7) is 1.87. The van der Waals surface area contributed by atoms with Crippen molar-refractivity contribution in [1.29, 1.82) is 0 Å². The Hall–Kier alpha value is -2.18. The summed E-state index contributed by atoms with van der Waals surface area (Å²) < 4.78 is 0. The normalized spacial score (nSPS) is 10.6. The Morgan fingerprint density at radius 2 is 2.05 bits per heavy atom. The molecule has 2 heterocycles. The number of anilines is 3. The first-order chi connectivity index (χ1) is 10.1. The molecule has 0 amide bonds. The molecule has 0 unspecified atom stereocenters. The van der Waals surface area contributed by atoms with Crippen molar-refractivity contribution in [3.8, 4) is 10.4 Å². The summed E-state index contributed by atoms with van der Waals surface area (Å²) in [6.07, 6.45) is 1.81. The number of hydrogen-bond acceptors (Lipinski definition) is 6.